The third-order valence-corrected chi connectivity index (χ3v) is 12.1. The van der Waals surface area contributed by atoms with Gasteiger partial charge in [0, 0.05) is 54.9 Å². The Bertz CT molecular complexity index is 1480. The SMILES string of the molecule is C[C@H](Oc1cc(N2CCNC3(CCCC3)C2)cc(C2=NOC([C@@]3(C)CCCc4sc(N)c(C#N)c43)N2C)n1)[C@@H]1CCCN1C. The molecule has 3 fully saturated rings. The number of oxime groups is 1. The molecule has 7 rings (SSSR count). The van der Waals surface area contributed by atoms with Gasteiger partial charge in [0.1, 0.15) is 22.9 Å². The van der Waals surface area contributed by atoms with Crippen LogP contribution >= 0.6 is 11.3 Å². The van der Waals surface area contributed by atoms with Gasteiger partial charge in [0.2, 0.25) is 12.1 Å². The van der Waals surface area contributed by atoms with E-state index >= 15 is 0 Å². The highest BCUT2D eigenvalue weighted by atomic mass is 32.1. The summed E-state index contributed by atoms with van der Waals surface area (Å²) in [6.45, 7) is 8.34. The smallest absolute Gasteiger partial charge is 0.216 e. The van der Waals surface area contributed by atoms with E-state index < -0.39 is 5.41 Å². The van der Waals surface area contributed by atoms with Crippen LogP contribution in [0.1, 0.15) is 86.9 Å². The molecule has 2 aromatic rings. The van der Waals surface area contributed by atoms with Crippen molar-refractivity contribution in [3.63, 3.8) is 0 Å². The number of anilines is 2. The molecule has 11 heteroatoms. The van der Waals surface area contributed by atoms with Crippen molar-refractivity contribution in [1.29, 1.82) is 5.26 Å². The zero-order valence-electron chi connectivity index (χ0n) is 26.6. The number of nitrogens with two attached hydrogens (primary N) is 1. The number of hydrogen-bond donors (Lipinski definition) is 2. The number of ether oxygens (including phenoxy) is 1. The Morgan fingerprint density at radius 3 is 2.75 bits per heavy atom. The maximum Gasteiger partial charge on any atom is 0.216 e. The highest BCUT2D eigenvalue weighted by Gasteiger charge is 2.50. The number of nitrogen functional groups attached to an aromatic ring is 1. The lowest BCUT2D eigenvalue weighted by molar-refractivity contribution is -0.0406. The number of amidine groups is 1. The van der Waals surface area contributed by atoms with E-state index in [-0.39, 0.29) is 17.9 Å². The third kappa shape index (κ3) is 4.99. The second-order valence-corrected chi connectivity index (χ2v) is 15.0. The number of thiophene rings is 1. The molecule has 1 saturated carbocycles. The Hall–Kier alpha value is -3.07. The van der Waals surface area contributed by atoms with E-state index in [0.29, 0.717) is 28.3 Å². The fraction of sp³-hybridized carbons (Fsp3) is 0.667. The van der Waals surface area contributed by atoms with E-state index in [9.17, 15) is 5.26 Å². The number of likely N-dealkylation sites (tertiary alicyclic amines) is 1. The number of piperazine rings is 1. The van der Waals surface area contributed by atoms with Gasteiger partial charge in [0.25, 0.3) is 0 Å². The number of aromatic nitrogens is 1. The summed E-state index contributed by atoms with van der Waals surface area (Å²) in [5.74, 6) is 1.32. The van der Waals surface area contributed by atoms with E-state index in [4.69, 9.17) is 20.3 Å². The topological polar surface area (TPSA) is 115 Å². The van der Waals surface area contributed by atoms with Crippen LogP contribution in [0.3, 0.4) is 0 Å². The number of fused-ring (bicyclic) bond motifs is 1. The summed E-state index contributed by atoms with van der Waals surface area (Å²) < 4.78 is 6.64. The van der Waals surface area contributed by atoms with Gasteiger partial charge in [-0.1, -0.05) is 18.0 Å². The van der Waals surface area contributed by atoms with Crippen molar-refractivity contribution in [3.8, 4) is 11.9 Å². The highest BCUT2D eigenvalue weighted by molar-refractivity contribution is 7.16. The summed E-state index contributed by atoms with van der Waals surface area (Å²) in [4.78, 5) is 19.5. The monoisotopic (exact) mass is 618 g/mol. The molecule has 0 radical (unpaired) electrons. The van der Waals surface area contributed by atoms with Gasteiger partial charge >= 0.3 is 0 Å². The molecular weight excluding hydrogens is 572 g/mol. The van der Waals surface area contributed by atoms with E-state index in [2.05, 4.69) is 64.3 Å². The lowest BCUT2D eigenvalue weighted by Gasteiger charge is -2.43. The first-order valence-electron chi connectivity index (χ1n) is 16.4. The number of aryl methyl sites for hydroxylation is 1. The van der Waals surface area contributed by atoms with E-state index in [1.54, 1.807) is 11.3 Å². The Labute approximate surface area is 265 Å². The maximum atomic E-state index is 10.0. The number of hydrogen-bond acceptors (Lipinski definition) is 11. The Morgan fingerprint density at radius 2 is 2.00 bits per heavy atom. The fourth-order valence-corrected chi connectivity index (χ4v) is 9.90. The molecule has 2 aliphatic carbocycles. The van der Waals surface area contributed by atoms with Gasteiger partial charge in [-0.25, -0.2) is 4.98 Å². The minimum atomic E-state index is -0.432. The average molecular weight is 619 g/mol. The largest absolute Gasteiger partial charge is 0.473 e. The lowest BCUT2D eigenvalue weighted by Crippen LogP contribution is -2.59. The van der Waals surface area contributed by atoms with Crippen molar-refractivity contribution in [1.82, 2.24) is 20.1 Å². The number of pyridine rings is 1. The van der Waals surface area contributed by atoms with E-state index in [0.717, 1.165) is 68.8 Å². The normalized spacial score (nSPS) is 28.9. The summed E-state index contributed by atoms with van der Waals surface area (Å²) in [6, 6.07) is 7.04. The minimum absolute atomic E-state index is 0.0163. The first kappa shape index (κ1) is 29.6. The van der Waals surface area contributed by atoms with E-state index in [1.807, 2.05) is 7.05 Å². The van der Waals surface area contributed by atoms with Crippen LogP contribution in [0.4, 0.5) is 10.7 Å². The van der Waals surface area contributed by atoms with Gasteiger partial charge < -0.3 is 30.4 Å². The molecule has 1 unspecified atom stereocenters. The second-order valence-electron chi connectivity index (χ2n) is 13.9. The molecule has 10 nitrogen and oxygen atoms in total. The van der Waals surface area contributed by atoms with Crippen LogP contribution < -0.4 is 20.7 Å². The van der Waals surface area contributed by atoms with Crippen LogP contribution in [0, 0.1) is 11.3 Å². The van der Waals surface area contributed by atoms with Crippen molar-refractivity contribution in [2.24, 2.45) is 5.16 Å². The Balaban J connectivity index is 1.21. The van der Waals surface area contributed by atoms with Crippen molar-refractivity contribution in [2.75, 3.05) is 50.9 Å². The molecule has 3 N–H and O–H groups in total. The molecule has 0 aromatic carbocycles. The number of nitriles is 1. The molecule has 236 valence electrons. The lowest BCUT2D eigenvalue weighted by atomic mass is 9.71. The van der Waals surface area contributed by atoms with Crippen molar-refractivity contribution in [3.05, 3.63) is 33.8 Å². The first-order chi connectivity index (χ1) is 21.2. The Morgan fingerprint density at radius 1 is 1.18 bits per heavy atom. The average Bonchev–Trinajstić information content (AvgIpc) is 3.80. The van der Waals surface area contributed by atoms with Crippen LogP contribution in [0.5, 0.6) is 5.88 Å². The molecule has 0 amide bonds. The van der Waals surface area contributed by atoms with Crippen LogP contribution in [0.15, 0.2) is 17.3 Å². The minimum Gasteiger partial charge on any atom is -0.473 e. The number of nitrogens with one attached hydrogen (secondary N) is 1. The van der Waals surface area contributed by atoms with Gasteiger partial charge in [-0.15, -0.1) is 11.3 Å². The second kappa shape index (κ2) is 11.4. The van der Waals surface area contributed by atoms with Crippen LogP contribution in [-0.2, 0) is 16.7 Å². The van der Waals surface area contributed by atoms with Crippen LogP contribution in [-0.4, -0.2) is 84.8 Å². The van der Waals surface area contributed by atoms with E-state index in [1.165, 1.54) is 37.0 Å². The zero-order chi connectivity index (χ0) is 30.6. The fourth-order valence-electron chi connectivity index (χ4n) is 8.70. The Kier molecular flexibility index (Phi) is 7.66. The summed E-state index contributed by atoms with van der Waals surface area (Å²) >= 11 is 1.55. The molecule has 4 atom stereocenters. The van der Waals surface area contributed by atoms with Crippen LogP contribution in [0.25, 0.3) is 0 Å². The van der Waals surface area contributed by atoms with Crippen LogP contribution in [0.2, 0.25) is 0 Å². The molecule has 5 aliphatic rings. The number of nitrogens with zero attached hydrogens (tertiary/aromatic N) is 6. The summed E-state index contributed by atoms with van der Waals surface area (Å²) in [5, 5.41) is 19.1. The molecule has 2 saturated heterocycles. The summed E-state index contributed by atoms with van der Waals surface area (Å²) in [7, 11) is 4.21. The summed E-state index contributed by atoms with van der Waals surface area (Å²) in [5.41, 5.74) is 9.57. The molecule has 0 bridgehead atoms. The predicted octanol–water partition coefficient (Wildman–Crippen LogP) is 4.42. The van der Waals surface area contributed by atoms with Gasteiger partial charge in [-0.05, 0) is 84.0 Å². The van der Waals surface area contributed by atoms with Crippen molar-refractivity contribution in [2.45, 2.75) is 101 Å². The van der Waals surface area contributed by atoms with Crippen molar-refractivity contribution < 1.29 is 9.57 Å². The molecule has 3 aliphatic heterocycles. The van der Waals surface area contributed by atoms with Gasteiger partial charge in [0.15, 0.2) is 5.84 Å². The van der Waals surface area contributed by atoms with Gasteiger partial charge in [0.05, 0.1) is 11.0 Å². The maximum absolute atomic E-state index is 10.0. The van der Waals surface area contributed by atoms with Crippen molar-refractivity contribution >= 4 is 27.9 Å². The third-order valence-electron chi connectivity index (χ3n) is 11.0. The zero-order valence-corrected chi connectivity index (χ0v) is 27.4. The molecule has 44 heavy (non-hydrogen) atoms. The quantitative estimate of drug-likeness (QED) is 0.485. The molecule has 1 spiro atoms. The van der Waals surface area contributed by atoms with Gasteiger partial charge in [-0.3, -0.25) is 4.90 Å². The predicted molar refractivity (Wildman–Crippen MR) is 174 cm³/mol. The number of likely N-dealkylation sites (N-methyl/N-ethyl adjacent to an activating group) is 2. The standard InChI is InChI=1S/C33H46N8O2S/c1-21(25-9-8-15-39(25)3)42-27-18-22(41-16-14-36-33(20-41)12-5-6-13-33)17-24(37-27)30-38-43-31(40(30)4)32(2)11-7-10-26-28(32)23(19-34)29(35)44-26/h17-18,21,25,31,36H,5-16,20,35H2,1-4H3/t21-,25-,31?,32-/m0/s1. The highest BCUT2D eigenvalue weighted by Crippen LogP contribution is 2.49. The first-order valence-corrected chi connectivity index (χ1v) is 17.2. The number of rotatable bonds is 6. The molecule has 5 heterocycles. The molecule has 2 aromatic heterocycles. The molecular formula is C33H46N8O2S. The summed E-state index contributed by atoms with van der Waals surface area (Å²) in [6.07, 6.45) is 9.83. The van der Waals surface area contributed by atoms with Gasteiger partial charge in [-0.2, -0.15) is 5.26 Å².